The fourth-order valence-electron chi connectivity index (χ4n) is 1.30. The Morgan fingerprint density at radius 2 is 2.25 bits per heavy atom. The molecule has 2 heterocycles. The summed E-state index contributed by atoms with van der Waals surface area (Å²) < 4.78 is 0. The highest BCUT2D eigenvalue weighted by atomic mass is 32.1. The van der Waals surface area contributed by atoms with E-state index in [0.29, 0.717) is 6.54 Å². The van der Waals surface area contributed by atoms with Crippen molar-refractivity contribution in [3.05, 3.63) is 40.1 Å². The molecule has 0 aliphatic rings. The molecule has 4 nitrogen and oxygen atoms in total. The van der Waals surface area contributed by atoms with E-state index in [1.54, 1.807) is 23.5 Å². The Morgan fingerprint density at radius 3 is 2.88 bits per heavy atom. The van der Waals surface area contributed by atoms with Crippen molar-refractivity contribution in [2.45, 2.75) is 20.0 Å². The van der Waals surface area contributed by atoms with Crippen LogP contribution in [0.1, 0.15) is 16.4 Å². The molecule has 0 radical (unpaired) electrons. The van der Waals surface area contributed by atoms with Crippen LogP contribution in [0.15, 0.2) is 23.7 Å². The summed E-state index contributed by atoms with van der Waals surface area (Å²) in [5, 5.41) is 15.4. The predicted molar refractivity (Wildman–Crippen MR) is 63.3 cm³/mol. The second-order valence-electron chi connectivity index (χ2n) is 3.49. The van der Waals surface area contributed by atoms with E-state index >= 15 is 0 Å². The second-order valence-corrected chi connectivity index (χ2v) is 4.44. The first kappa shape index (κ1) is 11.0. The minimum Gasteiger partial charge on any atom is -0.506 e. The zero-order valence-corrected chi connectivity index (χ0v) is 9.79. The van der Waals surface area contributed by atoms with Crippen LogP contribution in [0.4, 0.5) is 0 Å². The van der Waals surface area contributed by atoms with E-state index in [-0.39, 0.29) is 5.75 Å². The van der Waals surface area contributed by atoms with Crippen LogP contribution >= 0.6 is 11.3 Å². The number of aromatic nitrogens is 2. The normalized spacial score (nSPS) is 10.6. The molecular formula is C11H13N3OS. The molecule has 0 atom stereocenters. The van der Waals surface area contributed by atoms with E-state index in [4.69, 9.17) is 5.11 Å². The van der Waals surface area contributed by atoms with E-state index in [0.717, 1.165) is 22.9 Å². The summed E-state index contributed by atoms with van der Waals surface area (Å²) in [6.45, 7) is 3.42. The van der Waals surface area contributed by atoms with Gasteiger partial charge < -0.3 is 10.4 Å². The monoisotopic (exact) mass is 235 g/mol. The van der Waals surface area contributed by atoms with Gasteiger partial charge in [-0.1, -0.05) is 0 Å². The molecule has 0 spiro atoms. The molecule has 84 valence electrons. The average molecular weight is 235 g/mol. The summed E-state index contributed by atoms with van der Waals surface area (Å²) >= 11 is 1.65. The molecule has 0 aromatic carbocycles. The van der Waals surface area contributed by atoms with Gasteiger partial charge in [0.05, 0.1) is 11.9 Å². The van der Waals surface area contributed by atoms with Crippen molar-refractivity contribution in [1.29, 1.82) is 0 Å². The molecule has 16 heavy (non-hydrogen) atoms. The summed E-state index contributed by atoms with van der Waals surface area (Å²) in [6, 6.07) is 3.44. The van der Waals surface area contributed by atoms with Crippen molar-refractivity contribution in [1.82, 2.24) is 15.3 Å². The molecule has 2 rings (SSSR count). The van der Waals surface area contributed by atoms with Crippen LogP contribution in [-0.4, -0.2) is 15.1 Å². The van der Waals surface area contributed by atoms with Gasteiger partial charge in [-0.2, -0.15) is 0 Å². The van der Waals surface area contributed by atoms with Gasteiger partial charge in [-0.15, -0.1) is 11.3 Å². The topological polar surface area (TPSA) is 58.0 Å². The number of thiazole rings is 1. The summed E-state index contributed by atoms with van der Waals surface area (Å²) in [7, 11) is 0. The number of nitrogens with one attached hydrogen (secondary N) is 1. The maximum Gasteiger partial charge on any atom is 0.133 e. The van der Waals surface area contributed by atoms with Crippen molar-refractivity contribution >= 4 is 11.3 Å². The van der Waals surface area contributed by atoms with Crippen molar-refractivity contribution in [2.75, 3.05) is 0 Å². The quantitative estimate of drug-likeness (QED) is 0.849. The summed E-state index contributed by atoms with van der Waals surface area (Å²) in [5.41, 5.74) is 1.97. The third kappa shape index (κ3) is 3.01. The smallest absolute Gasteiger partial charge is 0.133 e. The molecule has 0 fully saturated rings. The van der Waals surface area contributed by atoms with Gasteiger partial charge in [0.2, 0.25) is 0 Å². The van der Waals surface area contributed by atoms with Crippen molar-refractivity contribution < 1.29 is 5.11 Å². The minimum absolute atomic E-state index is 0.194. The van der Waals surface area contributed by atoms with Gasteiger partial charge in [0.25, 0.3) is 0 Å². The highest BCUT2D eigenvalue weighted by Crippen LogP contribution is 2.09. The Balaban J connectivity index is 1.82. The molecule has 0 saturated carbocycles. The first-order valence-electron chi connectivity index (χ1n) is 4.99. The fraction of sp³-hybridized carbons (Fsp3) is 0.273. The van der Waals surface area contributed by atoms with Gasteiger partial charge >= 0.3 is 0 Å². The molecule has 5 heteroatoms. The van der Waals surface area contributed by atoms with Crippen LogP contribution in [-0.2, 0) is 13.1 Å². The molecule has 2 aromatic heterocycles. The average Bonchev–Trinajstić information content (AvgIpc) is 2.67. The fourth-order valence-corrected chi connectivity index (χ4v) is 2.04. The standard InChI is InChI=1S/C11H13N3OS/c1-8-7-16-11(14-8)6-12-4-9-2-3-10(15)5-13-9/h2-3,5,7,12,15H,4,6H2,1H3. The third-order valence-corrected chi connectivity index (χ3v) is 3.02. The number of rotatable bonds is 4. The van der Waals surface area contributed by atoms with Crippen LogP contribution in [0, 0.1) is 6.92 Å². The Bertz CT molecular complexity index is 453. The van der Waals surface area contributed by atoms with Crippen LogP contribution < -0.4 is 5.32 Å². The predicted octanol–water partition coefficient (Wildman–Crippen LogP) is 1.84. The summed E-state index contributed by atoms with van der Waals surface area (Å²) in [4.78, 5) is 8.44. The lowest BCUT2D eigenvalue weighted by atomic mass is 10.3. The molecule has 0 amide bonds. The molecular weight excluding hydrogens is 222 g/mol. The Kier molecular flexibility index (Phi) is 3.48. The van der Waals surface area contributed by atoms with Crippen LogP contribution in [0.3, 0.4) is 0 Å². The zero-order valence-electron chi connectivity index (χ0n) is 8.97. The largest absolute Gasteiger partial charge is 0.506 e. The highest BCUT2D eigenvalue weighted by molar-refractivity contribution is 7.09. The number of aromatic hydroxyl groups is 1. The van der Waals surface area contributed by atoms with Crippen molar-refractivity contribution in [2.24, 2.45) is 0 Å². The second kappa shape index (κ2) is 5.05. The molecule has 0 aliphatic heterocycles. The third-order valence-electron chi connectivity index (χ3n) is 2.06. The van der Waals surface area contributed by atoms with E-state index in [1.807, 2.05) is 12.3 Å². The molecule has 0 bridgehead atoms. The number of pyridine rings is 1. The van der Waals surface area contributed by atoms with E-state index in [9.17, 15) is 0 Å². The maximum atomic E-state index is 9.07. The van der Waals surface area contributed by atoms with Crippen LogP contribution in [0.5, 0.6) is 5.75 Å². The van der Waals surface area contributed by atoms with Gasteiger partial charge in [0.1, 0.15) is 10.8 Å². The number of hydrogen-bond acceptors (Lipinski definition) is 5. The zero-order chi connectivity index (χ0) is 11.4. The minimum atomic E-state index is 0.194. The lowest BCUT2D eigenvalue weighted by Gasteiger charge is -2.01. The van der Waals surface area contributed by atoms with E-state index in [2.05, 4.69) is 15.3 Å². The number of aryl methyl sites for hydroxylation is 1. The van der Waals surface area contributed by atoms with Gasteiger partial charge in [0, 0.05) is 24.2 Å². The number of hydrogen-bond donors (Lipinski definition) is 2. The van der Waals surface area contributed by atoms with Crippen molar-refractivity contribution in [3.63, 3.8) is 0 Å². The van der Waals surface area contributed by atoms with E-state index in [1.165, 1.54) is 6.20 Å². The summed E-state index contributed by atoms with van der Waals surface area (Å²) in [6.07, 6.45) is 1.45. The lowest BCUT2D eigenvalue weighted by Crippen LogP contribution is -2.13. The molecule has 2 aromatic rings. The number of nitrogens with zero attached hydrogens (tertiary/aromatic N) is 2. The van der Waals surface area contributed by atoms with Gasteiger partial charge in [-0.3, -0.25) is 4.98 Å². The van der Waals surface area contributed by atoms with E-state index < -0.39 is 0 Å². The molecule has 0 saturated heterocycles. The molecule has 2 N–H and O–H groups in total. The lowest BCUT2D eigenvalue weighted by molar-refractivity contribution is 0.471. The SMILES string of the molecule is Cc1csc(CNCc2ccc(O)cn2)n1. The van der Waals surface area contributed by atoms with Gasteiger partial charge in [-0.05, 0) is 19.1 Å². The Labute approximate surface area is 98.0 Å². The van der Waals surface area contributed by atoms with Crippen LogP contribution in [0.25, 0.3) is 0 Å². The Hall–Kier alpha value is -1.46. The van der Waals surface area contributed by atoms with Crippen LogP contribution in [0.2, 0.25) is 0 Å². The van der Waals surface area contributed by atoms with Gasteiger partial charge in [0.15, 0.2) is 0 Å². The Morgan fingerprint density at radius 1 is 1.38 bits per heavy atom. The first-order chi connectivity index (χ1) is 7.74. The van der Waals surface area contributed by atoms with Gasteiger partial charge in [-0.25, -0.2) is 4.98 Å². The highest BCUT2D eigenvalue weighted by Gasteiger charge is 1.99. The maximum absolute atomic E-state index is 9.07. The molecule has 0 unspecified atom stereocenters. The summed E-state index contributed by atoms with van der Waals surface area (Å²) in [5.74, 6) is 0.194. The first-order valence-corrected chi connectivity index (χ1v) is 5.87. The molecule has 0 aliphatic carbocycles. The van der Waals surface area contributed by atoms with Crippen molar-refractivity contribution in [3.8, 4) is 5.75 Å².